The fraction of sp³-hybridized carbons (Fsp3) is 0.133. The van der Waals surface area contributed by atoms with Crippen LogP contribution in [-0.4, -0.2) is 22.0 Å². The Bertz CT molecular complexity index is 677. The minimum atomic E-state index is 0.0154. The lowest BCUT2D eigenvalue weighted by Gasteiger charge is -2.17. The SMILES string of the molecule is CNC(c1cnccn1)c1cccc2ncccc12. The van der Waals surface area contributed by atoms with E-state index in [-0.39, 0.29) is 6.04 Å². The summed E-state index contributed by atoms with van der Waals surface area (Å²) in [6.07, 6.45) is 6.99. The number of hydrogen-bond acceptors (Lipinski definition) is 4. The number of fused-ring (bicyclic) bond motifs is 1. The van der Waals surface area contributed by atoms with Gasteiger partial charge in [0.2, 0.25) is 0 Å². The Morgan fingerprint density at radius 3 is 2.74 bits per heavy atom. The Balaban J connectivity index is 2.17. The van der Waals surface area contributed by atoms with E-state index in [1.807, 2.05) is 31.4 Å². The lowest BCUT2D eigenvalue weighted by Crippen LogP contribution is -2.19. The molecular weight excluding hydrogens is 236 g/mol. The van der Waals surface area contributed by atoms with Gasteiger partial charge in [-0.15, -0.1) is 0 Å². The van der Waals surface area contributed by atoms with Crippen molar-refractivity contribution < 1.29 is 0 Å². The van der Waals surface area contributed by atoms with Crippen molar-refractivity contribution in [3.63, 3.8) is 0 Å². The quantitative estimate of drug-likeness (QED) is 0.775. The van der Waals surface area contributed by atoms with Gasteiger partial charge in [0.25, 0.3) is 0 Å². The van der Waals surface area contributed by atoms with Gasteiger partial charge < -0.3 is 5.32 Å². The Morgan fingerprint density at radius 1 is 1.00 bits per heavy atom. The van der Waals surface area contributed by atoms with E-state index < -0.39 is 0 Å². The highest BCUT2D eigenvalue weighted by Gasteiger charge is 2.16. The second-order valence-electron chi connectivity index (χ2n) is 4.27. The zero-order valence-electron chi connectivity index (χ0n) is 10.6. The van der Waals surface area contributed by atoms with E-state index in [0.717, 1.165) is 22.2 Å². The van der Waals surface area contributed by atoms with Crippen LogP contribution in [0.1, 0.15) is 17.3 Å². The second kappa shape index (κ2) is 5.12. The first-order valence-electron chi connectivity index (χ1n) is 6.17. The van der Waals surface area contributed by atoms with Crippen LogP contribution in [0, 0.1) is 0 Å². The molecule has 94 valence electrons. The molecule has 2 heterocycles. The molecule has 0 saturated heterocycles. The number of rotatable bonds is 3. The van der Waals surface area contributed by atoms with Crippen LogP contribution in [-0.2, 0) is 0 Å². The Labute approximate surface area is 111 Å². The van der Waals surface area contributed by atoms with Crippen molar-refractivity contribution in [3.05, 3.63) is 66.4 Å². The van der Waals surface area contributed by atoms with Gasteiger partial charge in [-0.3, -0.25) is 15.0 Å². The van der Waals surface area contributed by atoms with Gasteiger partial charge in [-0.25, -0.2) is 0 Å². The Kier molecular flexibility index (Phi) is 3.16. The topological polar surface area (TPSA) is 50.7 Å². The number of nitrogens with one attached hydrogen (secondary N) is 1. The predicted molar refractivity (Wildman–Crippen MR) is 74.7 cm³/mol. The molecule has 0 saturated carbocycles. The average Bonchev–Trinajstić information content (AvgIpc) is 2.49. The van der Waals surface area contributed by atoms with Gasteiger partial charge in [0, 0.05) is 24.0 Å². The summed E-state index contributed by atoms with van der Waals surface area (Å²) in [5.74, 6) is 0. The number of hydrogen-bond donors (Lipinski definition) is 1. The number of benzene rings is 1. The number of nitrogens with zero attached hydrogens (tertiary/aromatic N) is 3. The van der Waals surface area contributed by atoms with Crippen molar-refractivity contribution >= 4 is 10.9 Å². The van der Waals surface area contributed by atoms with Crippen LogP contribution in [0.5, 0.6) is 0 Å². The fourth-order valence-corrected chi connectivity index (χ4v) is 2.30. The third-order valence-corrected chi connectivity index (χ3v) is 3.16. The highest BCUT2D eigenvalue weighted by molar-refractivity contribution is 5.82. The molecule has 0 fully saturated rings. The molecule has 0 bridgehead atoms. The van der Waals surface area contributed by atoms with Crippen molar-refractivity contribution in [2.24, 2.45) is 0 Å². The molecule has 3 rings (SSSR count). The van der Waals surface area contributed by atoms with E-state index in [1.54, 1.807) is 18.6 Å². The highest BCUT2D eigenvalue weighted by Crippen LogP contribution is 2.26. The standard InChI is InChI=1S/C15H14N4/c1-16-15(14-10-17-8-9-19-14)12-4-2-6-13-11(12)5-3-7-18-13/h2-10,15-16H,1H3. The molecule has 2 aromatic heterocycles. The molecule has 19 heavy (non-hydrogen) atoms. The molecular formula is C15H14N4. The summed E-state index contributed by atoms with van der Waals surface area (Å²) in [4.78, 5) is 12.9. The van der Waals surface area contributed by atoms with Crippen LogP contribution in [0.25, 0.3) is 10.9 Å². The first-order valence-corrected chi connectivity index (χ1v) is 6.17. The van der Waals surface area contributed by atoms with Gasteiger partial charge in [-0.1, -0.05) is 18.2 Å². The van der Waals surface area contributed by atoms with Gasteiger partial charge >= 0.3 is 0 Å². The highest BCUT2D eigenvalue weighted by atomic mass is 14.9. The molecule has 0 aliphatic heterocycles. The largest absolute Gasteiger partial charge is 0.308 e. The van der Waals surface area contributed by atoms with Crippen molar-refractivity contribution in [2.45, 2.75) is 6.04 Å². The van der Waals surface area contributed by atoms with Gasteiger partial charge in [0.05, 0.1) is 23.4 Å². The fourth-order valence-electron chi connectivity index (χ4n) is 2.30. The maximum Gasteiger partial charge on any atom is 0.0801 e. The lowest BCUT2D eigenvalue weighted by atomic mass is 9.99. The molecule has 0 spiro atoms. The summed E-state index contributed by atoms with van der Waals surface area (Å²) in [6, 6.07) is 10.2. The zero-order valence-corrected chi connectivity index (χ0v) is 10.6. The molecule has 1 atom stereocenters. The molecule has 1 N–H and O–H groups in total. The van der Waals surface area contributed by atoms with Gasteiger partial charge in [0.1, 0.15) is 0 Å². The Hall–Kier alpha value is -2.33. The second-order valence-corrected chi connectivity index (χ2v) is 4.27. The van der Waals surface area contributed by atoms with E-state index in [0.29, 0.717) is 0 Å². The van der Waals surface area contributed by atoms with Crippen LogP contribution < -0.4 is 5.32 Å². The van der Waals surface area contributed by atoms with Crippen LogP contribution in [0.15, 0.2) is 55.1 Å². The van der Waals surface area contributed by atoms with E-state index in [4.69, 9.17) is 0 Å². The summed E-state index contributed by atoms with van der Waals surface area (Å²) in [5.41, 5.74) is 3.05. The molecule has 0 aliphatic carbocycles. The first-order chi connectivity index (χ1) is 9.40. The van der Waals surface area contributed by atoms with E-state index >= 15 is 0 Å². The van der Waals surface area contributed by atoms with E-state index in [1.165, 1.54) is 0 Å². The van der Waals surface area contributed by atoms with Gasteiger partial charge in [-0.2, -0.15) is 0 Å². The molecule has 0 amide bonds. The normalized spacial score (nSPS) is 12.5. The summed E-state index contributed by atoms with van der Waals surface area (Å²) >= 11 is 0. The monoisotopic (exact) mass is 250 g/mol. The number of aromatic nitrogens is 3. The molecule has 0 radical (unpaired) electrons. The minimum absolute atomic E-state index is 0.0154. The van der Waals surface area contributed by atoms with Crippen molar-refractivity contribution in [3.8, 4) is 0 Å². The molecule has 4 heteroatoms. The lowest BCUT2D eigenvalue weighted by molar-refractivity contribution is 0.671. The first kappa shape index (κ1) is 11.7. The van der Waals surface area contributed by atoms with E-state index in [9.17, 15) is 0 Å². The van der Waals surface area contributed by atoms with Crippen molar-refractivity contribution in [1.29, 1.82) is 0 Å². The number of pyridine rings is 1. The maximum atomic E-state index is 4.39. The van der Waals surface area contributed by atoms with E-state index in [2.05, 4.69) is 32.4 Å². The summed E-state index contributed by atoms with van der Waals surface area (Å²) in [7, 11) is 1.93. The van der Waals surface area contributed by atoms with Gasteiger partial charge in [0.15, 0.2) is 0 Å². The molecule has 3 aromatic rings. The molecule has 1 unspecified atom stereocenters. The van der Waals surface area contributed by atoms with Crippen LogP contribution in [0.3, 0.4) is 0 Å². The smallest absolute Gasteiger partial charge is 0.0801 e. The maximum absolute atomic E-state index is 4.39. The summed E-state index contributed by atoms with van der Waals surface area (Å²) in [5, 5.41) is 4.43. The average molecular weight is 250 g/mol. The third kappa shape index (κ3) is 2.18. The van der Waals surface area contributed by atoms with Crippen LogP contribution >= 0.6 is 0 Å². The third-order valence-electron chi connectivity index (χ3n) is 3.16. The predicted octanol–water partition coefficient (Wildman–Crippen LogP) is 2.33. The molecule has 4 nitrogen and oxygen atoms in total. The zero-order chi connectivity index (χ0) is 13.1. The summed E-state index contributed by atoms with van der Waals surface area (Å²) in [6.45, 7) is 0. The van der Waals surface area contributed by atoms with Crippen molar-refractivity contribution in [2.75, 3.05) is 7.05 Å². The van der Waals surface area contributed by atoms with Crippen LogP contribution in [0.2, 0.25) is 0 Å². The van der Waals surface area contributed by atoms with Crippen LogP contribution in [0.4, 0.5) is 0 Å². The van der Waals surface area contributed by atoms with Gasteiger partial charge in [-0.05, 0) is 24.7 Å². The molecule has 0 aliphatic rings. The minimum Gasteiger partial charge on any atom is -0.308 e. The summed E-state index contributed by atoms with van der Waals surface area (Å²) < 4.78 is 0. The Morgan fingerprint density at radius 2 is 1.95 bits per heavy atom. The molecule has 1 aromatic carbocycles. The van der Waals surface area contributed by atoms with Crippen molar-refractivity contribution in [1.82, 2.24) is 20.3 Å².